The molecule has 5 rings (SSSR count). The monoisotopic (exact) mass is 503 g/mol. The molecule has 0 aliphatic carbocycles. The highest BCUT2D eigenvalue weighted by molar-refractivity contribution is 5.95. The summed E-state index contributed by atoms with van der Waals surface area (Å²) >= 11 is 0. The van der Waals surface area contributed by atoms with Gasteiger partial charge in [0, 0.05) is 75.6 Å². The summed E-state index contributed by atoms with van der Waals surface area (Å²) in [5, 5.41) is 9.85. The molecule has 3 aliphatic heterocycles. The van der Waals surface area contributed by atoms with Crippen molar-refractivity contribution in [2.24, 2.45) is 4.99 Å². The van der Waals surface area contributed by atoms with Gasteiger partial charge in [0.05, 0.1) is 6.42 Å². The van der Waals surface area contributed by atoms with E-state index in [2.05, 4.69) is 20.5 Å². The van der Waals surface area contributed by atoms with Crippen LogP contribution >= 0.6 is 0 Å². The molecule has 1 saturated heterocycles. The number of benzene rings is 1. The minimum Gasteiger partial charge on any atom is -0.349 e. The predicted octanol–water partition coefficient (Wildman–Crippen LogP) is 1.49. The van der Waals surface area contributed by atoms with Crippen LogP contribution in [0.4, 0.5) is 5.69 Å². The molecule has 37 heavy (non-hydrogen) atoms. The molecule has 3 N–H and O–H groups in total. The first-order valence-electron chi connectivity index (χ1n) is 12.7. The molecule has 0 saturated carbocycles. The highest BCUT2D eigenvalue weighted by Crippen LogP contribution is 2.36. The van der Waals surface area contributed by atoms with E-state index in [-0.39, 0.29) is 17.7 Å². The van der Waals surface area contributed by atoms with Crippen LogP contribution in [0.3, 0.4) is 0 Å². The van der Waals surface area contributed by atoms with Crippen molar-refractivity contribution in [3.63, 3.8) is 0 Å². The van der Waals surface area contributed by atoms with Crippen molar-refractivity contribution in [3.05, 3.63) is 64.6 Å². The van der Waals surface area contributed by atoms with E-state index in [1.54, 1.807) is 18.0 Å². The standard InChI is InChI=1S/C27H33N7O3/c1-18-24(19(2)34-12-11-28-26(37)25(18)34)27(29-9-4-10-30-27)31-22-7-5-21(6-8-22)17-23(36)33-15-13-32(14-16-33)20(3)35/h4-10,29,31H,11-17H2,1-3H3,(H,28,37). The highest BCUT2D eigenvalue weighted by atomic mass is 16.2. The Bertz CT molecular complexity index is 1290. The molecule has 1 unspecified atom stereocenters. The summed E-state index contributed by atoms with van der Waals surface area (Å²) in [4.78, 5) is 45.4. The molecule has 4 heterocycles. The Morgan fingerprint density at radius 2 is 1.76 bits per heavy atom. The molecule has 3 amide bonds. The number of hydrogen-bond donors (Lipinski definition) is 3. The van der Waals surface area contributed by atoms with Gasteiger partial charge < -0.3 is 30.3 Å². The number of nitrogens with one attached hydrogen (secondary N) is 3. The minimum atomic E-state index is -0.971. The van der Waals surface area contributed by atoms with Gasteiger partial charge in [-0.25, -0.2) is 4.99 Å². The molecular formula is C27H33N7O3. The Labute approximate surface area is 216 Å². The number of nitrogens with zero attached hydrogens (tertiary/aromatic N) is 4. The maximum Gasteiger partial charge on any atom is 0.268 e. The lowest BCUT2D eigenvalue weighted by Gasteiger charge is -2.35. The van der Waals surface area contributed by atoms with Crippen molar-refractivity contribution in [2.75, 3.05) is 38.0 Å². The van der Waals surface area contributed by atoms with Crippen LogP contribution in [0.5, 0.6) is 0 Å². The molecule has 194 valence electrons. The number of rotatable bonds is 5. The number of anilines is 1. The Kier molecular flexibility index (Phi) is 6.49. The lowest BCUT2D eigenvalue weighted by atomic mass is 10.0. The van der Waals surface area contributed by atoms with Gasteiger partial charge in [-0.3, -0.25) is 14.4 Å². The maximum absolute atomic E-state index is 12.8. The highest BCUT2D eigenvalue weighted by Gasteiger charge is 2.39. The smallest absolute Gasteiger partial charge is 0.268 e. The number of allylic oxidation sites excluding steroid dienone is 1. The Balaban J connectivity index is 1.34. The van der Waals surface area contributed by atoms with Crippen LogP contribution in [0.1, 0.15) is 39.8 Å². The van der Waals surface area contributed by atoms with E-state index in [1.807, 2.05) is 55.3 Å². The van der Waals surface area contributed by atoms with Crippen molar-refractivity contribution in [2.45, 2.75) is 39.5 Å². The second-order valence-electron chi connectivity index (χ2n) is 9.72. The third kappa shape index (κ3) is 4.59. The van der Waals surface area contributed by atoms with Gasteiger partial charge in [-0.1, -0.05) is 12.1 Å². The molecular weight excluding hydrogens is 470 g/mol. The number of hydrogen-bond acceptors (Lipinski definition) is 6. The van der Waals surface area contributed by atoms with Crippen molar-refractivity contribution >= 4 is 29.6 Å². The van der Waals surface area contributed by atoms with Crippen LogP contribution in [-0.4, -0.2) is 71.0 Å². The SMILES string of the molecule is CC(=O)N1CCN(C(=O)Cc2ccc(NC3(c4c(C)c5n(c4C)CCNC5=O)N=CC=CN3)cc2)CC1. The average molecular weight is 504 g/mol. The number of aromatic nitrogens is 1. The first-order chi connectivity index (χ1) is 17.8. The summed E-state index contributed by atoms with van der Waals surface area (Å²) < 4.78 is 2.06. The Morgan fingerprint density at radius 3 is 2.38 bits per heavy atom. The summed E-state index contributed by atoms with van der Waals surface area (Å²) in [7, 11) is 0. The molecule has 0 bridgehead atoms. The molecule has 0 spiro atoms. The van der Waals surface area contributed by atoms with Gasteiger partial charge in [-0.2, -0.15) is 0 Å². The fraction of sp³-hybridized carbons (Fsp3) is 0.407. The molecule has 1 aromatic heterocycles. The molecule has 1 aromatic carbocycles. The molecule has 10 nitrogen and oxygen atoms in total. The van der Waals surface area contributed by atoms with Crippen molar-refractivity contribution in [1.82, 2.24) is 25.0 Å². The summed E-state index contributed by atoms with van der Waals surface area (Å²) in [5.74, 6) is -0.927. The number of aliphatic imine (C=N–C) groups is 1. The topological polar surface area (TPSA) is 111 Å². The Hall–Kier alpha value is -4.08. The number of carbonyl (C=O) groups is 3. The van der Waals surface area contributed by atoms with E-state index >= 15 is 0 Å². The lowest BCUT2D eigenvalue weighted by molar-refractivity contribution is -0.138. The van der Waals surface area contributed by atoms with E-state index in [4.69, 9.17) is 4.99 Å². The van der Waals surface area contributed by atoms with E-state index in [0.717, 1.165) is 34.6 Å². The number of piperazine rings is 1. The van der Waals surface area contributed by atoms with Gasteiger partial charge in [0.2, 0.25) is 17.6 Å². The average Bonchev–Trinajstić information content (AvgIpc) is 3.17. The lowest BCUT2D eigenvalue weighted by Crippen LogP contribution is -2.50. The fourth-order valence-corrected chi connectivity index (χ4v) is 5.51. The van der Waals surface area contributed by atoms with Gasteiger partial charge in [0.15, 0.2) is 0 Å². The summed E-state index contributed by atoms with van der Waals surface area (Å²) in [5.41, 5.74) is 5.21. The number of fused-ring (bicyclic) bond motifs is 1. The molecule has 1 fully saturated rings. The van der Waals surface area contributed by atoms with Crippen LogP contribution < -0.4 is 16.0 Å². The second kappa shape index (κ2) is 9.76. The predicted molar refractivity (Wildman–Crippen MR) is 141 cm³/mol. The maximum atomic E-state index is 12.8. The van der Waals surface area contributed by atoms with Crippen molar-refractivity contribution in [1.29, 1.82) is 0 Å². The van der Waals surface area contributed by atoms with Crippen LogP contribution in [0.15, 0.2) is 41.5 Å². The van der Waals surface area contributed by atoms with E-state index in [1.165, 1.54) is 0 Å². The van der Waals surface area contributed by atoms with Gasteiger partial charge in [0.1, 0.15) is 5.69 Å². The summed E-state index contributed by atoms with van der Waals surface area (Å²) in [6, 6.07) is 7.78. The normalized spacial score (nSPS) is 20.8. The molecule has 1 atom stereocenters. The third-order valence-corrected chi connectivity index (χ3v) is 7.42. The van der Waals surface area contributed by atoms with Gasteiger partial charge >= 0.3 is 0 Å². The second-order valence-corrected chi connectivity index (χ2v) is 9.72. The molecule has 0 radical (unpaired) electrons. The summed E-state index contributed by atoms with van der Waals surface area (Å²) in [6.45, 7) is 9.16. The van der Waals surface area contributed by atoms with Crippen LogP contribution in [0.2, 0.25) is 0 Å². The van der Waals surface area contributed by atoms with Gasteiger partial charge in [0.25, 0.3) is 5.91 Å². The number of amides is 3. The fourth-order valence-electron chi connectivity index (χ4n) is 5.51. The van der Waals surface area contributed by atoms with Crippen LogP contribution in [0, 0.1) is 13.8 Å². The zero-order chi connectivity index (χ0) is 26.2. The summed E-state index contributed by atoms with van der Waals surface area (Å²) in [6.07, 6.45) is 5.73. The van der Waals surface area contributed by atoms with Crippen LogP contribution in [-0.2, 0) is 28.3 Å². The molecule has 2 aromatic rings. The molecule has 3 aliphatic rings. The van der Waals surface area contributed by atoms with Crippen molar-refractivity contribution in [3.8, 4) is 0 Å². The van der Waals surface area contributed by atoms with Crippen LogP contribution in [0.25, 0.3) is 0 Å². The minimum absolute atomic E-state index is 0.0504. The van der Waals surface area contributed by atoms with E-state index in [9.17, 15) is 14.4 Å². The largest absolute Gasteiger partial charge is 0.349 e. The number of carbonyl (C=O) groups excluding carboxylic acids is 3. The first kappa shape index (κ1) is 24.6. The zero-order valence-electron chi connectivity index (χ0n) is 21.5. The quantitative estimate of drug-likeness (QED) is 0.573. The van der Waals surface area contributed by atoms with E-state index < -0.39 is 5.79 Å². The van der Waals surface area contributed by atoms with Crippen molar-refractivity contribution < 1.29 is 14.4 Å². The first-order valence-corrected chi connectivity index (χ1v) is 12.7. The third-order valence-electron chi connectivity index (χ3n) is 7.42. The zero-order valence-corrected chi connectivity index (χ0v) is 21.5. The van der Waals surface area contributed by atoms with Gasteiger partial charge in [-0.05, 0) is 43.2 Å². The van der Waals surface area contributed by atoms with Gasteiger partial charge in [-0.15, -0.1) is 0 Å². The van der Waals surface area contributed by atoms with E-state index in [0.29, 0.717) is 44.8 Å². The Morgan fingerprint density at radius 1 is 1.05 bits per heavy atom. The molecule has 10 heteroatoms.